The van der Waals surface area contributed by atoms with Gasteiger partial charge in [0.15, 0.2) is 0 Å². The SMILES string of the molecule is CCNCC[SiH](C)Cl. The van der Waals surface area contributed by atoms with Gasteiger partial charge in [0.05, 0.1) is 0 Å². The first-order valence-electron chi connectivity index (χ1n) is 3.12. The highest BCUT2D eigenvalue weighted by Crippen LogP contribution is 1.93. The lowest BCUT2D eigenvalue weighted by atomic mass is 10.7. The van der Waals surface area contributed by atoms with Crippen molar-refractivity contribution in [2.24, 2.45) is 0 Å². The van der Waals surface area contributed by atoms with Crippen molar-refractivity contribution in [2.45, 2.75) is 19.5 Å². The van der Waals surface area contributed by atoms with Crippen LogP contribution in [0.15, 0.2) is 0 Å². The van der Waals surface area contributed by atoms with Gasteiger partial charge < -0.3 is 5.32 Å². The fraction of sp³-hybridized carbons (Fsp3) is 1.00. The topological polar surface area (TPSA) is 12.0 Å². The molecule has 0 aliphatic heterocycles. The Morgan fingerprint density at radius 3 is 2.62 bits per heavy atom. The minimum absolute atomic E-state index is 0.792. The van der Waals surface area contributed by atoms with Crippen LogP contribution in [0.25, 0.3) is 0 Å². The first-order valence-corrected chi connectivity index (χ1v) is 6.83. The summed E-state index contributed by atoms with van der Waals surface area (Å²) in [6.45, 7) is 6.44. The van der Waals surface area contributed by atoms with Crippen LogP contribution in [0.1, 0.15) is 6.92 Å². The Morgan fingerprint density at radius 1 is 1.62 bits per heavy atom. The number of hydrogen-bond acceptors (Lipinski definition) is 1. The van der Waals surface area contributed by atoms with Crippen molar-refractivity contribution in [3.63, 3.8) is 0 Å². The summed E-state index contributed by atoms with van der Waals surface area (Å²) in [5.41, 5.74) is 0. The zero-order chi connectivity index (χ0) is 6.41. The molecular weight excluding hydrogens is 138 g/mol. The van der Waals surface area contributed by atoms with Crippen molar-refractivity contribution in [1.29, 1.82) is 0 Å². The van der Waals surface area contributed by atoms with Gasteiger partial charge in [0.2, 0.25) is 0 Å². The number of rotatable bonds is 4. The van der Waals surface area contributed by atoms with Crippen LogP contribution in [0.5, 0.6) is 0 Å². The second-order valence-corrected chi connectivity index (χ2v) is 6.30. The third kappa shape index (κ3) is 6.47. The molecule has 0 radical (unpaired) electrons. The summed E-state index contributed by atoms with van der Waals surface area (Å²) in [6.07, 6.45) is 0. The predicted molar refractivity (Wildman–Crippen MR) is 42.2 cm³/mol. The van der Waals surface area contributed by atoms with E-state index >= 15 is 0 Å². The lowest BCUT2D eigenvalue weighted by Gasteiger charge is -1.99. The Kier molecular flexibility index (Phi) is 5.93. The lowest BCUT2D eigenvalue weighted by molar-refractivity contribution is 0.759. The van der Waals surface area contributed by atoms with Crippen molar-refractivity contribution in [3.05, 3.63) is 0 Å². The van der Waals surface area contributed by atoms with E-state index in [0.717, 1.165) is 13.1 Å². The van der Waals surface area contributed by atoms with E-state index in [9.17, 15) is 0 Å². The molecular formula is C5H14ClNSi. The van der Waals surface area contributed by atoms with Crippen LogP contribution < -0.4 is 5.32 Å². The summed E-state index contributed by atoms with van der Waals surface area (Å²) in [5, 5.41) is 3.23. The van der Waals surface area contributed by atoms with Crippen LogP contribution in [0.3, 0.4) is 0 Å². The van der Waals surface area contributed by atoms with E-state index in [1.165, 1.54) is 6.04 Å². The average Bonchev–Trinajstić information content (AvgIpc) is 1.66. The average molecular weight is 152 g/mol. The van der Waals surface area contributed by atoms with Crippen LogP contribution >= 0.6 is 11.1 Å². The molecule has 0 aromatic heterocycles. The third-order valence-electron chi connectivity index (χ3n) is 0.969. The molecule has 0 aliphatic carbocycles. The van der Waals surface area contributed by atoms with E-state index in [2.05, 4.69) is 18.8 Å². The summed E-state index contributed by atoms with van der Waals surface area (Å²) >= 11 is 5.81. The lowest BCUT2D eigenvalue weighted by Crippen LogP contribution is -2.17. The Morgan fingerprint density at radius 2 is 2.25 bits per heavy atom. The van der Waals surface area contributed by atoms with Crippen LogP contribution in [0, 0.1) is 0 Å². The molecule has 0 spiro atoms. The van der Waals surface area contributed by atoms with Crippen molar-refractivity contribution in [2.75, 3.05) is 13.1 Å². The molecule has 0 bridgehead atoms. The minimum atomic E-state index is -0.792. The summed E-state index contributed by atoms with van der Waals surface area (Å²) in [5.74, 6) is 0. The monoisotopic (exact) mass is 151 g/mol. The zero-order valence-electron chi connectivity index (χ0n) is 5.58. The van der Waals surface area contributed by atoms with Gasteiger partial charge in [-0.05, 0) is 19.1 Å². The molecule has 8 heavy (non-hydrogen) atoms. The van der Waals surface area contributed by atoms with Crippen molar-refractivity contribution in [1.82, 2.24) is 5.32 Å². The quantitative estimate of drug-likeness (QED) is 0.362. The summed E-state index contributed by atoms with van der Waals surface area (Å²) in [6, 6.07) is 1.20. The molecule has 1 unspecified atom stereocenters. The molecule has 0 aromatic carbocycles. The molecule has 0 aromatic rings. The Labute approximate surface area is 57.7 Å². The van der Waals surface area contributed by atoms with E-state index in [4.69, 9.17) is 11.1 Å². The number of nitrogens with one attached hydrogen (secondary N) is 1. The maximum Gasteiger partial charge on any atom is 0.139 e. The van der Waals surface area contributed by atoms with Crippen molar-refractivity contribution < 1.29 is 0 Å². The summed E-state index contributed by atoms with van der Waals surface area (Å²) in [7, 11) is -0.792. The molecule has 0 fully saturated rings. The van der Waals surface area contributed by atoms with Gasteiger partial charge in [-0.25, -0.2) is 0 Å². The molecule has 0 saturated heterocycles. The minimum Gasteiger partial charge on any atom is -0.317 e. The van der Waals surface area contributed by atoms with Crippen molar-refractivity contribution >= 4 is 19.2 Å². The fourth-order valence-corrected chi connectivity index (χ4v) is 1.41. The van der Waals surface area contributed by atoms with Gasteiger partial charge in [-0.1, -0.05) is 13.5 Å². The smallest absolute Gasteiger partial charge is 0.139 e. The maximum absolute atomic E-state index is 5.81. The standard InChI is InChI=1S/C5H14ClNSi/c1-3-7-4-5-8(2)6/h7-8H,3-5H2,1-2H3. The van der Waals surface area contributed by atoms with E-state index < -0.39 is 8.11 Å². The molecule has 1 atom stereocenters. The third-order valence-corrected chi connectivity index (χ3v) is 2.71. The molecule has 0 amide bonds. The molecule has 50 valence electrons. The van der Waals surface area contributed by atoms with Crippen LogP contribution in [0.4, 0.5) is 0 Å². The maximum atomic E-state index is 5.81. The fourth-order valence-electron chi connectivity index (χ4n) is 0.478. The Hall–Kier alpha value is 0.467. The molecule has 1 N–H and O–H groups in total. The van der Waals surface area contributed by atoms with Crippen LogP contribution in [-0.4, -0.2) is 21.2 Å². The van der Waals surface area contributed by atoms with Gasteiger partial charge >= 0.3 is 0 Å². The second-order valence-electron chi connectivity index (χ2n) is 1.92. The van der Waals surface area contributed by atoms with E-state index in [-0.39, 0.29) is 0 Å². The second kappa shape index (κ2) is 5.60. The molecule has 0 saturated carbocycles. The molecule has 0 rings (SSSR count). The molecule has 0 aliphatic rings. The van der Waals surface area contributed by atoms with Crippen LogP contribution in [0.2, 0.25) is 12.6 Å². The largest absolute Gasteiger partial charge is 0.317 e. The molecule has 3 heteroatoms. The zero-order valence-corrected chi connectivity index (χ0v) is 7.49. The first kappa shape index (κ1) is 8.47. The highest BCUT2D eigenvalue weighted by molar-refractivity contribution is 7.06. The van der Waals surface area contributed by atoms with Gasteiger partial charge in [0.25, 0.3) is 0 Å². The van der Waals surface area contributed by atoms with Crippen LogP contribution in [-0.2, 0) is 0 Å². The first-order chi connectivity index (χ1) is 3.77. The normalized spacial score (nSPS) is 13.9. The number of halogens is 1. The highest BCUT2D eigenvalue weighted by Gasteiger charge is 1.94. The molecule has 1 nitrogen and oxygen atoms in total. The van der Waals surface area contributed by atoms with Crippen molar-refractivity contribution in [3.8, 4) is 0 Å². The highest BCUT2D eigenvalue weighted by atomic mass is 35.6. The van der Waals surface area contributed by atoms with Gasteiger partial charge in [-0.2, -0.15) is 11.1 Å². The van der Waals surface area contributed by atoms with E-state index in [0.29, 0.717) is 0 Å². The van der Waals surface area contributed by atoms with E-state index in [1.54, 1.807) is 0 Å². The summed E-state index contributed by atoms with van der Waals surface area (Å²) < 4.78 is 0. The Bertz CT molecular complexity index is 49.7. The Balaban J connectivity index is 2.72. The van der Waals surface area contributed by atoms with Gasteiger partial charge in [-0.3, -0.25) is 0 Å². The summed E-state index contributed by atoms with van der Waals surface area (Å²) in [4.78, 5) is 0. The van der Waals surface area contributed by atoms with Gasteiger partial charge in [0, 0.05) is 0 Å². The van der Waals surface area contributed by atoms with E-state index in [1.807, 2.05) is 0 Å². The number of hydrogen-bond donors (Lipinski definition) is 1. The van der Waals surface area contributed by atoms with Gasteiger partial charge in [0.1, 0.15) is 8.11 Å². The predicted octanol–water partition coefficient (Wildman–Crippen LogP) is 1.19. The van der Waals surface area contributed by atoms with Gasteiger partial charge in [-0.15, -0.1) is 0 Å². The molecule has 0 heterocycles.